The van der Waals surface area contributed by atoms with Crippen molar-refractivity contribution in [1.82, 2.24) is 14.8 Å². The van der Waals surface area contributed by atoms with Gasteiger partial charge in [-0.2, -0.15) is 13.2 Å². The van der Waals surface area contributed by atoms with Gasteiger partial charge in [0.2, 0.25) is 0 Å². The third-order valence-electron chi connectivity index (χ3n) is 6.01. The van der Waals surface area contributed by atoms with E-state index in [9.17, 15) is 22.8 Å². The second-order valence-electron chi connectivity index (χ2n) is 7.79. The third kappa shape index (κ3) is 3.91. The van der Waals surface area contributed by atoms with Gasteiger partial charge in [0.15, 0.2) is 0 Å². The molecule has 0 radical (unpaired) electrons. The molecular formula is C22H22F3N3O2. The number of rotatable bonds is 2. The monoisotopic (exact) mass is 417 g/mol. The summed E-state index contributed by atoms with van der Waals surface area (Å²) in [6, 6.07) is 8.12. The molecule has 30 heavy (non-hydrogen) atoms. The largest absolute Gasteiger partial charge is 0.417 e. The first-order chi connectivity index (χ1) is 14.4. The number of nitrogens with zero attached hydrogens (tertiary/aromatic N) is 3. The van der Waals surface area contributed by atoms with Crippen LogP contribution in [0, 0.1) is 5.92 Å². The molecule has 0 N–H and O–H groups in total. The summed E-state index contributed by atoms with van der Waals surface area (Å²) in [5.41, 5.74) is -0.644. The van der Waals surface area contributed by atoms with E-state index >= 15 is 0 Å². The first kappa shape index (κ1) is 20.4. The number of pyridine rings is 1. The van der Waals surface area contributed by atoms with Gasteiger partial charge in [-0.1, -0.05) is 12.1 Å². The number of halogens is 3. The second kappa shape index (κ2) is 8.08. The normalized spacial score (nSPS) is 21.8. The summed E-state index contributed by atoms with van der Waals surface area (Å²) in [6.07, 6.45) is 0.662. The zero-order valence-electron chi connectivity index (χ0n) is 16.3. The number of likely N-dealkylation sites (tertiary alicyclic amines) is 2. The lowest BCUT2D eigenvalue weighted by molar-refractivity contribution is -0.138. The Morgan fingerprint density at radius 1 is 0.967 bits per heavy atom. The van der Waals surface area contributed by atoms with Crippen LogP contribution in [0.5, 0.6) is 0 Å². The number of amides is 2. The zero-order chi connectivity index (χ0) is 21.3. The lowest BCUT2D eigenvalue weighted by Crippen LogP contribution is -2.56. The number of benzene rings is 1. The van der Waals surface area contributed by atoms with Gasteiger partial charge in [0.05, 0.1) is 11.1 Å². The molecule has 0 unspecified atom stereocenters. The van der Waals surface area contributed by atoms with Crippen LogP contribution < -0.4 is 0 Å². The fourth-order valence-corrected chi connectivity index (χ4v) is 4.59. The number of fused-ring (bicyclic) bond motifs is 1. The van der Waals surface area contributed by atoms with Crippen molar-refractivity contribution < 1.29 is 22.8 Å². The van der Waals surface area contributed by atoms with E-state index in [-0.39, 0.29) is 23.4 Å². The molecule has 2 aliphatic rings. The number of piperidine rings is 2. The highest BCUT2D eigenvalue weighted by Crippen LogP contribution is 2.36. The molecule has 2 aromatic rings. The molecule has 2 saturated heterocycles. The van der Waals surface area contributed by atoms with E-state index in [0.29, 0.717) is 38.0 Å². The Morgan fingerprint density at radius 3 is 2.43 bits per heavy atom. The van der Waals surface area contributed by atoms with Crippen molar-refractivity contribution >= 4 is 11.8 Å². The molecule has 4 rings (SSSR count). The Bertz CT molecular complexity index is 933. The van der Waals surface area contributed by atoms with Gasteiger partial charge in [0, 0.05) is 43.6 Å². The molecule has 5 nitrogen and oxygen atoms in total. The maximum atomic E-state index is 13.4. The molecule has 2 fully saturated rings. The summed E-state index contributed by atoms with van der Waals surface area (Å²) in [5, 5.41) is 0. The van der Waals surface area contributed by atoms with E-state index in [1.54, 1.807) is 34.3 Å². The summed E-state index contributed by atoms with van der Waals surface area (Å²) in [6.45, 7) is 1.40. The molecule has 0 bridgehead atoms. The summed E-state index contributed by atoms with van der Waals surface area (Å²) in [7, 11) is 0. The molecule has 3 heterocycles. The minimum absolute atomic E-state index is 0.0558. The van der Waals surface area contributed by atoms with Crippen molar-refractivity contribution in [2.24, 2.45) is 5.92 Å². The molecule has 0 saturated carbocycles. The Labute approximate surface area is 172 Å². The average Bonchev–Trinajstić information content (AvgIpc) is 2.77. The maximum Gasteiger partial charge on any atom is 0.417 e. The van der Waals surface area contributed by atoms with Gasteiger partial charge in [-0.3, -0.25) is 14.6 Å². The fraction of sp³-hybridized carbons (Fsp3) is 0.409. The second-order valence-corrected chi connectivity index (χ2v) is 7.79. The van der Waals surface area contributed by atoms with Gasteiger partial charge in [-0.25, -0.2) is 0 Å². The Morgan fingerprint density at radius 2 is 1.70 bits per heavy atom. The highest BCUT2D eigenvalue weighted by molar-refractivity contribution is 5.96. The van der Waals surface area contributed by atoms with E-state index in [4.69, 9.17) is 0 Å². The number of alkyl halides is 3. The van der Waals surface area contributed by atoms with Crippen molar-refractivity contribution in [3.05, 3.63) is 65.5 Å². The number of carbonyl (C=O) groups excluding carboxylic acids is 2. The molecule has 1 aromatic heterocycles. The molecule has 2 atom stereocenters. The Hall–Kier alpha value is -2.90. The SMILES string of the molecule is O=C(c1ccncc1)N1CC[C@@H]2[C@H](CCCN2C(=O)c2ccccc2C(F)(F)F)C1. The summed E-state index contributed by atoms with van der Waals surface area (Å²) in [5.74, 6) is -0.603. The third-order valence-corrected chi connectivity index (χ3v) is 6.01. The summed E-state index contributed by atoms with van der Waals surface area (Å²) in [4.78, 5) is 33.1. The number of hydrogen-bond acceptors (Lipinski definition) is 3. The minimum atomic E-state index is -4.58. The van der Waals surface area contributed by atoms with Gasteiger partial charge < -0.3 is 9.80 Å². The highest BCUT2D eigenvalue weighted by Gasteiger charge is 2.42. The van der Waals surface area contributed by atoms with Crippen LogP contribution in [0.1, 0.15) is 45.5 Å². The summed E-state index contributed by atoms with van der Waals surface area (Å²) < 4.78 is 40.2. The fourth-order valence-electron chi connectivity index (χ4n) is 4.59. The zero-order valence-corrected chi connectivity index (χ0v) is 16.3. The van der Waals surface area contributed by atoms with Crippen LogP contribution >= 0.6 is 0 Å². The van der Waals surface area contributed by atoms with Crippen LogP contribution in [-0.2, 0) is 6.18 Å². The van der Waals surface area contributed by atoms with Crippen LogP contribution in [0.4, 0.5) is 13.2 Å². The first-order valence-electron chi connectivity index (χ1n) is 10.0. The Balaban J connectivity index is 1.52. The van der Waals surface area contributed by atoms with Crippen molar-refractivity contribution in [3.8, 4) is 0 Å². The lowest BCUT2D eigenvalue weighted by atomic mass is 9.83. The van der Waals surface area contributed by atoms with E-state index in [1.807, 2.05) is 0 Å². The van der Waals surface area contributed by atoms with Crippen LogP contribution in [0.3, 0.4) is 0 Å². The van der Waals surface area contributed by atoms with Crippen LogP contribution in [0.25, 0.3) is 0 Å². The van der Waals surface area contributed by atoms with E-state index in [1.165, 1.54) is 18.2 Å². The van der Waals surface area contributed by atoms with Gasteiger partial charge in [-0.15, -0.1) is 0 Å². The van der Waals surface area contributed by atoms with Crippen molar-refractivity contribution in [3.63, 3.8) is 0 Å². The molecule has 0 spiro atoms. The van der Waals surface area contributed by atoms with Crippen LogP contribution in [0.15, 0.2) is 48.8 Å². The van der Waals surface area contributed by atoms with Crippen LogP contribution in [0.2, 0.25) is 0 Å². The average molecular weight is 417 g/mol. The number of hydrogen-bond donors (Lipinski definition) is 0. The number of aromatic nitrogens is 1. The molecule has 1 aromatic carbocycles. The van der Waals surface area contributed by atoms with Crippen molar-refractivity contribution in [1.29, 1.82) is 0 Å². The molecule has 2 amide bonds. The summed E-state index contributed by atoms with van der Waals surface area (Å²) >= 11 is 0. The Kier molecular flexibility index (Phi) is 5.49. The predicted octanol–water partition coefficient (Wildman–Crippen LogP) is 3.87. The smallest absolute Gasteiger partial charge is 0.338 e. The van der Waals surface area contributed by atoms with E-state index in [2.05, 4.69) is 4.98 Å². The molecule has 0 aliphatic carbocycles. The van der Waals surface area contributed by atoms with Crippen LogP contribution in [-0.4, -0.2) is 52.3 Å². The molecule has 2 aliphatic heterocycles. The minimum Gasteiger partial charge on any atom is -0.338 e. The van der Waals surface area contributed by atoms with Gasteiger partial charge in [0.1, 0.15) is 0 Å². The quantitative estimate of drug-likeness (QED) is 0.746. The van der Waals surface area contributed by atoms with Gasteiger partial charge in [-0.05, 0) is 49.4 Å². The maximum absolute atomic E-state index is 13.4. The molecule has 158 valence electrons. The van der Waals surface area contributed by atoms with Crippen molar-refractivity contribution in [2.75, 3.05) is 19.6 Å². The first-order valence-corrected chi connectivity index (χ1v) is 10.0. The highest BCUT2D eigenvalue weighted by atomic mass is 19.4. The molecule has 8 heteroatoms. The van der Waals surface area contributed by atoms with Crippen molar-refractivity contribution in [2.45, 2.75) is 31.5 Å². The predicted molar refractivity (Wildman–Crippen MR) is 104 cm³/mol. The topological polar surface area (TPSA) is 53.5 Å². The molecular weight excluding hydrogens is 395 g/mol. The van der Waals surface area contributed by atoms with Gasteiger partial charge >= 0.3 is 6.18 Å². The van der Waals surface area contributed by atoms with E-state index in [0.717, 1.165) is 12.5 Å². The number of carbonyl (C=O) groups is 2. The van der Waals surface area contributed by atoms with Gasteiger partial charge in [0.25, 0.3) is 11.8 Å². The standard InChI is InChI=1S/C22H22F3N3O2/c23-22(24,25)18-6-2-1-5-17(18)21(30)28-12-3-4-16-14-27(13-9-19(16)28)20(29)15-7-10-26-11-8-15/h1-2,5-8,10-11,16,19H,3-4,9,12-14H2/t16-,19-/m1/s1. The van der Waals surface area contributed by atoms with E-state index < -0.39 is 17.6 Å². The lowest BCUT2D eigenvalue weighted by Gasteiger charge is -2.47.